The van der Waals surface area contributed by atoms with E-state index >= 15 is 0 Å². The number of rotatable bonds is 4. The molecule has 3 N–H and O–H groups in total. The molecule has 1 aromatic heterocycles. The fourth-order valence-corrected chi connectivity index (χ4v) is 1.93. The van der Waals surface area contributed by atoms with E-state index < -0.39 is 11.7 Å². The zero-order valence-corrected chi connectivity index (χ0v) is 10.3. The fourth-order valence-electron chi connectivity index (χ4n) is 1.06. The smallest absolute Gasteiger partial charge is 0.294 e. The van der Waals surface area contributed by atoms with Crippen LogP contribution in [-0.4, -0.2) is 16.6 Å². The quantitative estimate of drug-likeness (QED) is 0.382. The Hall–Kier alpha value is -1.28. The molecule has 0 saturated heterocycles. The van der Waals surface area contributed by atoms with Crippen LogP contribution < -0.4 is 11.3 Å². The van der Waals surface area contributed by atoms with Gasteiger partial charge in [-0.1, -0.05) is 6.92 Å². The topological polar surface area (TPSA) is 68.0 Å². The molecule has 4 nitrogen and oxygen atoms in total. The van der Waals surface area contributed by atoms with Crippen LogP contribution in [0.4, 0.5) is 13.2 Å². The molecule has 100 valence electrons. The van der Waals surface area contributed by atoms with E-state index in [1.807, 2.05) is 5.43 Å². The van der Waals surface area contributed by atoms with Crippen molar-refractivity contribution in [1.29, 1.82) is 0 Å². The highest BCUT2D eigenvalue weighted by atomic mass is 32.2. The Bertz CT molecular complexity index is 408. The molecule has 0 saturated carbocycles. The summed E-state index contributed by atoms with van der Waals surface area (Å²) in [6, 6.07) is 2.24. The molecule has 1 heterocycles. The Morgan fingerprint density at radius 2 is 2.22 bits per heavy atom. The minimum Gasteiger partial charge on any atom is -0.294 e. The first-order valence-electron chi connectivity index (χ1n) is 5.01. The molecule has 1 amide bonds. The summed E-state index contributed by atoms with van der Waals surface area (Å²) in [6.45, 7) is 1.67. The highest BCUT2D eigenvalue weighted by Gasteiger charge is 2.30. The molecule has 1 rings (SSSR count). The van der Waals surface area contributed by atoms with E-state index in [0.29, 0.717) is 10.8 Å². The fraction of sp³-hybridized carbons (Fsp3) is 0.400. The lowest BCUT2D eigenvalue weighted by molar-refractivity contribution is -0.137. The molecular formula is C10H12F3N3OS. The summed E-state index contributed by atoms with van der Waals surface area (Å²) in [5, 5.41) is 0.430. The number of hydrazine groups is 1. The molecule has 1 atom stereocenters. The second-order valence-electron chi connectivity index (χ2n) is 3.60. The van der Waals surface area contributed by atoms with Gasteiger partial charge in [0.2, 0.25) is 5.91 Å². The molecule has 1 unspecified atom stereocenters. The van der Waals surface area contributed by atoms with E-state index in [9.17, 15) is 18.0 Å². The molecule has 0 fully saturated rings. The van der Waals surface area contributed by atoms with E-state index in [4.69, 9.17) is 5.84 Å². The van der Waals surface area contributed by atoms with Crippen molar-refractivity contribution in [3.05, 3.63) is 23.9 Å². The minimum absolute atomic E-state index is 0.325. The summed E-state index contributed by atoms with van der Waals surface area (Å²) >= 11 is 1.20. The van der Waals surface area contributed by atoms with Crippen LogP contribution in [0.5, 0.6) is 0 Å². The van der Waals surface area contributed by atoms with Crippen LogP contribution in [0.1, 0.15) is 12.5 Å². The van der Waals surface area contributed by atoms with Crippen molar-refractivity contribution >= 4 is 17.7 Å². The number of amides is 1. The number of nitrogens with zero attached hydrogens (tertiary/aromatic N) is 1. The normalized spacial score (nSPS) is 13.2. The molecule has 0 radical (unpaired) electrons. The van der Waals surface area contributed by atoms with E-state index in [0.717, 1.165) is 12.3 Å². The van der Waals surface area contributed by atoms with Crippen molar-refractivity contribution in [3.63, 3.8) is 0 Å². The van der Waals surface area contributed by atoms with Gasteiger partial charge in [-0.2, -0.15) is 13.2 Å². The van der Waals surface area contributed by atoms with Crippen molar-refractivity contribution in [3.8, 4) is 0 Å². The number of thioether (sulfide) groups is 1. The van der Waals surface area contributed by atoms with Gasteiger partial charge in [0.1, 0.15) is 0 Å². The predicted molar refractivity (Wildman–Crippen MR) is 61.5 cm³/mol. The van der Waals surface area contributed by atoms with Crippen LogP contribution in [0.3, 0.4) is 0 Å². The van der Waals surface area contributed by atoms with Crippen molar-refractivity contribution in [2.45, 2.75) is 18.1 Å². The van der Waals surface area contributed by atoms with E-state index in [1.165, 1.54) is 17.8 Å². The SMILES string of the molecule is CC(CSc1ccc(C(F)(F)F)cn1)C(=O)NN. The lowest BCUT2D eigenvalue weighted by atomic mass is 10.2. The van der Waals surface area contributed by atoms with E-state index in [-0.39, 0.29) is 11.8 Å². The molecule has 8 heteroatoms. The third kappa shape index (κ3) is 4.19. The highest BCUT2D eigenvalue weighted by molar-refractivity contribution is 7.99. The lowest BCUT2D eigenvalue weighted by Crippen LogP contribution is -2.35. The number of alkyl halides is 3. The summed E-state index contributed by atoms with van der Waals surface area (Å²) in [5.74, 6) is 4.68. The van der Waals surface area contributed by atoms with Gasteiger partial charge in [-0.25, -0.2) is 10.8 Å². The van der Waals surface area contributed by atoms with Crippen LogP contribution >= 0.6 is 11.8 Å². The van der Waals surface area contributed by atoms with Gasteiger partial charge >= 0.3 is 6.18 Å². The summed E-state index contributed by atoms with van der Waals surface area (Å²) in [5.41, 5.74) is 1.22. The average molecular weight is 279 g/mol. The van der Waals surface area contributed by atoms with Crippen LogP contribution in [0.25, 0.3) is 0 Å². The number of pyridine rings is 1. The number of nitrogens with one attached hydrogen (secondary N) is 1. The van der Waals surface area contributed by atoms with Crippen LogP contribution in [0.15, 0.2) is 23.4 Å². The number of nitrogens with two attached hydrogens (primary N) is 1. The molecule has 0 aliphatic carbocycles. The maximum absolute atomic E-state index is 12.3. The third-order valence-electron chi connectivity index (χ3n) is 2.13. The van der Waals surface area contributed by atoms with Gasteiger partial charge in [-0.3, -0.25) is 10.2 Å². The molecule has 0 spiro atoms. The number of carbonyl (C=O) groups excluding carboxylic acids is 1. The number of hydrogen-bond acceptors (Lipinski definition) is 4. The largest absolute Gasteiger partial charge is 0.417 e. The summed E-state index contributed by atoms with van der Waals surface area (Å²) < 4.78 is 36.8. The van der Waals surface area contributed by atoms with E-state index in [2.05, 4.69) is 4.98 Å². The minimum atomic E-state index is -4.39. The summed E-state index contributed by atoms with van der Waals surface area (Å²) in [6.07, 6.45) is -3.61. The van der Waals surface area contributed by atoms with Gasteiger partial charge in [0.05, 0.1) is 10.6 Å². The maximum Gasteiger partial charge on any atom is 0.417 e. The van der Waals surface area contributed by atoms with Gasteiger partial charge in [0, 0.05) is 17.9 Å². The molecular weight excluding hydrogens is 267 g/mol. The molecule has 0 bridgehead atoms. The predicted octanol–water partition coefficient (Wildman–Crippen LogP) is 1.82. The Balaban J connectivity index is 2.57. The van der Waals surface area contributed by atoms with Gasteiger partial charge in [-0.05, 0) is 12.1 Å². The van der Waals surface area contributed by atoms with E-state index in [1.54, 1.807) is 6.92 Å². The standard InChI is InChI=1S/C10H12F3N3OS/c1-6(9(17)16-14)5-18-8-3-2-7(4-15-8)10(11,12)13/h2-4,6H,5,14H2,1H3,(H,16,17). The van der Waals surface area contributed by atoms with Crippen LogP contribution in [0, 0.1) is 5.92 Å². The zero-order chi connectivity index (χ0) is 13.8. The second kappa shape index (κ2) is 6.05. The molecule has 1 aromatic rings. The number of carbonyl (C=O) groups is 1. The number of hydrogen-bond donors (Lipinski definition) is 2. The van der Waals surface area contributed by atoms with Gasteiger partial charge in [-0.15, -0.1) is 11.8 Å². The first-order chi connectivity index (χ1) is 8.34. The monoisotopic (exact) mass is 279 g/mol. The first kappa shape index (κ1) is 14.8. The van der Waals surface area contributed by atoms with Gasteiger partial charge < -0.3 is 0 Å². The Labute approximate surface area is 106 Å². The molecule has 18 heavy (non-hydrogen) atoms. The molecule has 0 aliphatic rings. The van der Waals surface area contributed by atoms with Crippen molar-refractivity contribution in [2.75, 3.05) is 5.75 Å². The molecule has 0 aliphatic heterocycles. The Morgan fingerprint density at radius 1 is 1.56 bits per heavy atom. The Morgan fingerprint density at radius 3 is 2.67 bits per heavy atom. The average Bonchev–Trinajstić information content (AvgIpc) is 2.34. The van der Waals surface area contributed by atoms with Crippen molar-refractivity contribution in [1.82, 2.24) is 10.4 Å². The molecule has 0 aromatic carbocycles. The van der Waals surface area contributed by atoms with Crippen LogP contribution in [-0.2, 0) is 11.0 Å². The van der Waals surface area contributed by atoms with Crippen molar-refractivity contribution < 1.29 is 18.0 Å². The van der Waals surface area contributed by atoms with Crippen molar-refractivity contribution in [2.24, 2.45) is 11.8 Å². The number of halogens is 3. The van der Waals surface area contributed by atoms with Gasteiger partial charge in [0.25, 0.3) is 0 Å². The number of aromatic nitrogens is 1. The first-order valence-corrected chi connectivity index (χ1v) is 5.99. The highest BCUT2D eigenvalue weighted by Crippen LogP contribution is 2.29. The zero-order valence-electron chi connectivity index (χ0n) is 9.49. The van der Waals surface area contributed by atoms with Gasteiger partial charge in [0.15, 0.2) is 0 Å². The van der Waals surface area contributed by atoms with Crippen LogP contribution in [0.2, 0.25) is 0 Å². The second-order valence-corrected chi connectivity index (χ2v) is 4.64. The third-order valence-corrected chi connectivity index (χ3v) is 3.34. The Kier molecular flexibility index (Phi) is 4.97. The lowest BCUT2D eigenvalue weighted by Gasteiger charge is -2.09. The summed E-state index contributed by atoms with van der Waals surface area (Å²) in [7, 11) is 0. The summed E-state index contributed by atoms with van der Waals surface area (Å²) in [4.78, 5) is 14.8. The maximum atomic E-state index is 12.3.